The monoisotopic (exact) mass is 161 g/mol. The SMILES string of the molecule is O=Cc1c[nH]nc1-c1cc[nH]c1. The number of nitrogens with one attached hydrogen (secondary N) is 2. The maximum absolute atomic E-state index is 10.5. The topological polar surface area (TPSA) is 61.5 Å². The van der Waals surface area contributed by atoms with Crippen molar-refractivity contribution in [3.05, 3.63) is 30.2 Å². The van der Waals surface area contributed by atoms with Gasteiger partial charge in [0.2, 0.25) is 0 Å². The molecule has 2 heterocycles. The van der Waals surface area contributed by atoms with Crippen LogP contribution in [-0.4, -0.2) is 21.5 Å². The van der Waals surface area contributed by atoms with Gasteiger partial charge in [-0.2, -0.15) is 5.10 Å². The van der Waals surface area contributed by atoms with Crippen molar-refractivity contribution in [2.24, 2.45) is 0 Å². The first kappa shape index (κ1) is 6.84. The Balaban J connectivity index is 2.53. The first-order chi connectivity index (χ1) is 5.92. The predicted octanol–water partition coefficient (Wildman–Crippen LogP) is 1.22. The highest BCUT2D eigenvalue weighted by Crippen LogP contribution is 2.18. The maximum Gasteiger partial charge on any atom is 0.153 e. The largest absolute Gasteiger partial charge is 0.367 e. The van der Waals surface area contributed by atoms with Gasteiger partial charge in [-0.05, 0) is 6.07 Å². The molecule has 4 heteroatoms. The number of carbonyl (C=O) groups excluding carboxylic acids is 1. The van der Waals surface area contributed by atoms with Crippen molar-refractivity contribution in [2.45, 2.75) is 0 Å². The summed E-state index contributed by atoms with van der Waals surface area (Å²) in [5.74, 6) is 0. The fraction of sp³-hybridized carbons (Fsp3) is 0. The number of rotatable bonds is 2. The molecule has 2 N–H and O–H groups in total. The van der Waals surface area contributed by atoms with Crippen LogP contribution >= 0.6 is 0 Å². The third-order valence-corrected chi connectivity index (χ3v) is 1.67. The quantitative estimate of drug-likeness (QED) is 0.650. The number of hydrogen-bond acceptors (Lipinski definition) is 2. The predicted molar refractivity (Wildman–Crippen MR) is 43.8 cm³/mol. The molecule has 0 aliphatic heterocycles. The molecule has 0 aliphatic carbocycles. The van der Waals surface area contributed by atoms with E-state index in [9.17, 15) is 4.79 Å². The van der Waals surface area contributed by atoms with Crippen molar-refractivity contribution in [3.8, 4) is 11.3 Å². The van der Waals surface area contributed by atoms with Crippen LogP contribution in [0.3, 0.4) is 0 Å². The van der Waals surface area contributed by atoms with Gasteiger partial charge in [0.05, 0.1) is 5.56 Å². The summed E-state index contributed by atoms with van der Waals surface area (Å²) < 4.78 is 0. The lowest BCUT2D eigenvalue weighted by molar-refractivity contribution is 0.112. The first-order valence-electron chi connectivity index (χ1n) is 3.54. The van der Waals surface area contributed by atoms with Crippen molar-refractivity contribution in [3.63, 3.8) is 0 Å². The minimum absolute atomic E-state index is 0.578. The maximum atomic E-state index is 10.5. The van der Waals surface area contributed by atoms with E-state index >= 15 is 0 Å². The van der Waals surface area contributed by atoms with Gasteiger partial charge in [-0.15, -0.1) is 0 Å². The lowest BCUT2D eigenvalue weighted by Gasteiger charge is -1.89. The molecule has 4 nitrogen and oxygen atoms in total. The van der Waals surface area contributed by atoms with Crippen LogP contribution in [0, 0.1) is 0 Å². The summed E-state index contributed by atoms with van der Waals surface area (Å²) in [6, 6.07) is 1.86. The molecule has 0 saturated carbocycles. The van der Waals surface area contributed by atoms with E-state index in [1.54, 1.807) is 18.6 Å². The fourth-order valence-electron chi connectivity index (χ4n) is 1.09. The molecule has 0 unspecified atom stereocenters. The van der Waals surface area contributed by atoms with Crippen LogP contribution in [0.5, 0.6) is 0 Å². The van der Waals surface area contributed by atoms with Gasteiger partial charge < -0.3 is 4.98 Å². The number of H-pyrrole nitrogens is 2. The lowest BCUT2D eigenvalue weighted by atomic mass is 10.2. The van der Waals surface area contributed by atoms with Crippen molar-refractivity contribution < 1.29 is 4.79 Å². The van der Waals surface area contributed by atoms with Gasteiger partial charge in [0.15, 0.2) is 6.29 Å². The van der Waals surface area contributed by atoms with Gasteiger partial charge in [0.25, 0.3) is 0 Å². The summed E-state index contributed by atoms with van der Waals surface area (Å²) in [4.78, 5) is 13.4. The van der Waals surface area contributed by atoms with E-state index in [2.05, 4.69) is 15.2 Å². The summed E-state index contributed by atoms with van der Waals surface area (Å²) in [6.07, 6.45) is 5.95. The number of aldehydes is 1. The molecule has 0 radical (unpaired) electrons. The molecular formula is C8H7N3O. The van der Waals surface area contributed by atoms with Crippen LogP contribution < -0.4 is 0 Å². The van der Waals surface area contributed by atoms with E-state index in [1.165, 1.54) is 0 Å². The van der Waals surface area contributed by atoms with Gasteiger partial charge in [-0.25, -0.2) is 0 Å². The molecule has 0 aliphatic rings. The Morgan fingerprint density at radius 1 is 1.42 bits per heavy atom. The summed E-state index contributed by atoms with van der Waals surface area (Å²) in [5.41, 5.74) is 2.18. The third-order valence-electron chi connectivity index (χ3n) is 1.67. The van der Waals surface area contributed by atoms with E-state index in [0.29, 0.717) is 11.3 Å². The van der Waals surface area contributed by atoms with Crippen molar-refractivity contribution in [2.75, 3.05) is 0 Å². The average Bonchev–Trinajstić information content (AvgIpc) is 2.74. The molecule has 2 aromatic rings. The second-order valence-corrected chi connectivity index (χ2v) is 2.41. The summed E-state index contributed by atoms with van der Waals surface area (Å²) in [5, 5.41) is 6.60. The highest BCUT2D eigenvalue weighted by atomic mass is 16.1. The molecule has 0 saturated heterocycles. The van der Waals surface area contributed by atoms with E-state index in [1.807, 2.05) is 6.07 Å². The number of carbonyl (C=O) groups is 1. The highest BCUT2D eigenvalue weighted by molar-refractivity contribution is 5.84. The van der Waals surface area contributed by atoms with Crippen LogP contribution in [0.15, 0.2) is 24.7 Å². The minimum Gasteiger partial charge on any atom is -0.367 e. The van der Waals surface area contributed by atoms with Crippen LogP contribution in [0.2, 0.25) is 0 Å². The summed E-state index contributed by atoms with van der Waals surface area (Å²) in [6.45, 7) is 0. The average molecular weight is 161 g/mol. The molecular weight excluding hydrogens is 154 g/mol. The summed E-state index contributed by atoms with van der Waals surface area (Å²) >= 11 is 0. The van der Waals surface area contributed by atoms with Crippen LogP contribution in [0.25, 0.3) is 11.3 Å². The van der Waals surface area contributed by atoms with E-state index in [-0.39, 0.29) is 0 Å². The molecule has 0 amide bonds. The molecule has 0 fully saturated rings. The smallest absolute Gasteiger partial charge is 0.153 e. The standard InChI is InChI=1S/C8H7N3O/c12-5-7-4-10-11-8(7)6-1-2-9-3-6/h1-5,9H,(H,10,11). The lowest BCUT2D eigenvalue weighted by Crippen LogP contribution is -1.80. The van der Waals surface area contributed by atoms with Gasteiger partial charge in [0, 0.05) is 24.2 Å². The Bertz CT molecular complexity index is 375. The molecule has 12 heavy (non-hydrogen) atoms. The van der Waals surface area contributed by atoms with Crippen LogP contribution in [0.1, 0.15) is 10.4 Å². The Kier molecular flexibility index (Phi) is 1.51. The minimum atomic E-state index is 0.578. The van der Waals surface area contributed by atoms with Crippen LogP contribution in [0.4, 0.5) is 0 Å². The van der Waals surface area contributed by atoms with E-state index in [4.69, 9.17) is 0 Å². The zero-order chi connectivity index (χ0) is 8.39. The number of aromatic nitrogens is 3. The Morgan fingerprint density at radius 3 is 3.00 bits per heavy atom. The Labute approximate surface area is 68.6 Å². The molecule has 2 aromatic heterocycles. The van der Waals surface area contributed by atoms with Gasteiger partial charge in [0.1, 0.15) is 5.69 Å². The van der Waals surface area contributed by atoms with Crippen molar-refractivity contribution in [1.82, 2.24) is 15.2 Å². The highest BCUT2D eigenvalue weighted by Gasteiger charge is 2.06. The molecule has 60 valence electrons. The molecule has 0 spiro atoms. The van der Waals surface area contributed by atoms with Gasteiger partial charge in [-0.3, -0.25) is 9.89 Å². The van der Waals surface area contributed by atoms with E-state index < -0.39 is 0 Å². The number of aromatic amines is 2. The van der Waals surface area contributed by atoms with Crippen LogP contribution in [-0.2, 0) is 0 Å². The second kappa shape index (κ2) is 2.65. The van der Waals surface area contributed by atoms with Gasteiger partial charge >= 0.3 is 0 Å². The normalized spacial score (nSPS) is 10.0. The van der Waals surface area contributed by atoms with Gasteiger partial charge in [-0.1, -0.05) is 0 Å². The fourth-order valence-corrected chi connectivity index (χ4v) is 1.09. The molecule has 0 bridgehead atoms. The zero-order valence-electron chi connectivity index (χ0n) is 6.24. The van der Waals surface area contributed by atoms with Crippen molar-refractivity contribution in [1.29, 1.82) is 0 Å². The van der Waals surface area contributed by atoms with Crippen molar-refractivity contribution >= 4 is 6.29 Å². The summed E-state index contributed by atoms with van der Waals surface area (Å²) in [7, 11) is 0. The molecule has 0 aromatic carbocycles. The van der Waals surface area contributed by atoms with E-state index in [0.717, 1.165) is 11.8 Å². The third kappa shape index (κ3) is 0.934. The Hall–Kier alpha value is -1.84. The number of hydrogen-bond donors (Lipinski definition) is 2. The molecule has 2 rings (SSSR count). The molecule has 0 atom stereocenters. The Morgan fingerprint density at radius 2 is 2.33 bits per heavy atom. The number of nitrogens with zero attached hydrogens (tertiary/aromatic N) is 1. The zero-order valence-corrected chi connectivity index (χ0v) is 6.24. The first-order valence-corrected chi connectivity index (χ1v) is 3.54. The second-order valence-electron chi connectivity index (χ2n) is 2.41.